The van der Waals surface area contributed by atoms with E-state index in [1.807, 2.05) is 0 Å². The van der Waals surface area contributed by atoms with E-state index in [4.69, 9.17) is 9.79 Å². The molecule has 0 aromatic carbocycles. The van der Waals surface area contributed by atoms with Crippen LogP contribution in [0.25, 0.3) is 0 Å². The number of hydrogen-bond donors (Lipinski definition) is 2. The van der Waals surface area contributed by atoms with E-state index in [-0.39, 0.29) is 17.1 Å². The molecule has 5 nitrogen and oxygen atoms in total. The zero-order valence-corrected chi connectivity index (χ0v) is 6.20. The molecule has 7 heteroatoms. The van der Waals surface area contributed by atoms with Crippen LogP contribution in [0.15, 0.2) is 0 Å². The zero-order chi connectivity index (χ0) is 6.78. The SMILES string of the molecule is CC(=O)OP(=O)(O)O.[Cu]. The number of phosphoric ester groups is 1. The first kappa shape index (κ1) is 11.9. The van der Waals surface area contributed by atoms with E-state index in [2.05, 4.69) is 4.52 Å². The van der Waals surface area contributed by atoms with Crippen LogP contribution >= 0.6 is 7.82 Å². The number of carbonyl (C=O) groups excluding carboxylic acids is 1. The van der Waals surface area contributed by atoms with Crippen molar-refractivity contribution in [2.45, 2.75) is 6.92 Å². The summed E-state index contributed by atoms with van der Waals surface area (Å²) in [6.07, 6.45) is 0. The molecule has 0 amide bonds. The van der Waals surface area contributed by atoms with Crippen LogP contribution in [0.4, 0.5) is 0 Å². The van der Waals surface area contributed by atoms with Crippen LogP contribution < -0.4 is 0 Å². The summed E-state index contributed by atoms with van der Waals surface area (Å²) in [6.45, 7) is 0.916. The van der Waals surface area contributed by atoms with Gasteiger partial charge in [-0.1, -0.05) is 0 Å². The molecule has 9 heavy (non-hydrogen) atoms. The largest absolute Gasteiger partial charge is 0.526 e. The molecule has 0 rings (SSSR count). The zero-order valence-electron chi connectivity index (χ0n) is 4.37. The molecule has 0 fully saturated rings. The minimum atomic E-state index is -4.57. The van der Waals surface area contributed by atoms with Gasteiger partial charge in [-0.05, 0) is 0 Å². The van der Waals surface area contributed by atoms with Crippen LogP contribution in [0.3, 0.4) is 0 Å². The Hall–Kier alpha value is 0.139. The predicted molar refractivity (Wildman–Crippen MR) is 23.8 cm³/mol. The second kappa shape index (κ2) is 4.04. The first-order valence-corrected chi connectivity index (χ1v) is 3.20. The van der Waals surface area contributed by atoms with Gasteiger partial charge in [0.2, 0.25) is 0 Å². The number of rotatable bonds is 1. The van der Waals surface area contributed by atoms with E-state index in [1.54, 1.807) is 0 Å². The number of carbonyl (C=O) groups is 1. The van der Waals surface area contributed by atoms with Gasteiger partial charge < -0.3 is 4.52 Å². The second-order valence-corrected chi connectivity index (χ2v) is 2.24. The molecule has 0 aliphatic rings. The van der Waals surface area contributed by atoms with E-state index in [9.17, 15) is 9.36 Å². The molecule has 2 N–H and O–H groups in total. The van der Waals surface area contributed by atoms with E-state index >= 15 is 0 Å². The van der Waals surface area contributed by atoms with Crippen LogP contribution in [-0.4, -0.2) is 15.8 Å². The van der Waals surface area contributed by atoms with E-state index in [0.29, 0.717) is 0 Å². The molecule has 0 unspecified atom stereocenters. The summed E-state index contributed by atoms with van der Waals surface area (Å²) < 4.78 is 13.2. The van der Waals surface area contributed by atoms with E-state index in [0.717, 1.165) is 6.92 Å². The number of hydrogen-bond acceptors (Lipinski definition) is 3. The first-order valence-electron chi connectivity index (χ1n) is 1.67. The van der Waals surface area contributed by atoms with Gasteiger partial charge in [-0.3, -0.25) is 14.6 Å². The van der Waals surface area contributed by atoms with Gasteiger partial charge in [0, 0.05) is 24.0 Å². The Balaban J connectivity index is 0. The Kier molecular flexibility index (Phi) is 5.33. The maximum absolute atomic E-state index is 9.74. The van der Waals surface area contributed by atoms with Gasteiger partial charge >= 0.3 is 13.8 Å². The van der Waals surface area contributed by atoms with Crippen molar-refractivity contribution in [3.8, 4) is 0 Å². The van der Waals surface area contributed by atoms with Crippen molar-refractivity contribution in [2.75, 3.05) is 0 Å². The topological polar surface area (TPSA) is 83.8 Å². The van der Waals surface area contributed by atoms with Crippen LogP contribution in [0, 0.1) is 0 Å². The average Bonchev–Trinajstić information content (AvgIpc) is 1.21. The quantitative estimate of drug-likeness (QED) is 0.449. The third-order valence-corrected chi connectivity index (χ3v) is 0.742. The first-order chi connectivity index (χ1) is 3.42. The summed E-state index contributed by atoms with van der Waals surface area (Å²) in [7, 11) is -4.57. The molecule has 0 aliphatic heterocycles. The van der Waals surface area contributed by atoms with Crippen molar-refractivity contribution in [2.24, 2.45) is 0 Å². The van der Waals surface area contributed by atoms with Crippen molar-refractivity contribution >= 4 is 13.8 Å². The standard InChI is InChI=1S/C2H5O5P.Cu/c1-2(3)7-8(4,5)6;/h1H3,(H2,4,5,6);. The van der Waals surface area contributed by atoms with Crippen molar-refractivity contribution in [3.63, 3.8) is 0 Å². The van der Waals surface area contributed by atoms with E-state index in [1.165, 1.54) is 0 Å². The summed E-state index contributed by atoms with van der Waals surface area (Å²) in [5.74, 6) is -0.988. The monoisotopic (exact) mass is 203 g/mol. The average molecular weight is 204 g/mol. The Labute approximate surface area is 62.1 Å². The van der Waals surface area contributed by atoms with Crippen molar-refractivity contribution in [1.29, 1.82) is 0 Å². The molecule has 0 aromatic rings. The van der Waals surface area contributed by atoms with Crippen molar-refractivity contribution < 1.29 is 40.7 Å². The fourth-order valence-corrected chi connectivity index (χ4v) is 0.502. The molecule has 1 radical (unpaired) electrons. The number of phosphoric acid groups is 1. The maximum atomic E-state index is 9.74. The normalized spacial score (nSPS) is 9.67. The Morgan fingerprint density at radius 2 is 1.89 bits per heavy atom. The van der Waals surface area contributed by atoms with Gasteiger partial charge in [0.25, 0.3) is 0 Å². The molecule has 0 bridgehead atoms. The molecular weight excluding hydrogens is 199 g/mol. The Morgan fingerprint density at radius 1 is 1.56 bits per heavy atom. The van der Waals surface area contributed by atoms with E-state index < -0.39 is 13.8 Å². The van der Waals surface area contributed by atoms with Gasteiger partial charge in [-0.15, -0.1) is 0 Å². The fraction of sp³-hybridized carbons (Fsp3) is 0.500. The summed E-state index contributed by atoms with van der Waals surface area (Å²) in [6, 6.07) is 0. The molecular formula is C2H5CuO5P. The minimum Gasteiger partial charge on any atom is -0.371 e. The van der Waals surface area contributed by atoms with Crippen molar-refractivity contribution in [3.05, 3.63) is 0 Å². The molecule has 0 aromatic heterocycles. The van der Waals surface area contributed by atoms with Gasteiger partial charge in [0.1, 0.15) is 0 Å². The Morgan fingerprint density at radius 3 is 1.89 bits per heavy atom. The van der Waals surface area contributed by atoms with Gasteiger partial charge in [0.05, 0.1) is 0 Å². The fourth-order valence-electron chi connectivity index (χ4n) is 0.167. The van der Waals surface area contributed by atoms with Gasteiger partial charge in [-0.2, -0.15) is 0 Å². The minimum absolute atomic E-state index is 0. The summed E-state index contributed by atoms with van der Waals surface area (Å²) in [5, 5.41) is 0. The summed E-state index contributed by atoms with van der Waals surface area (Å²) >= 11 is 0. The maximum Gasteiger partial charge on any atom is 0.526 e. The van der Waals surface area contributed by atoms with Crippen LogP contribution in [-0.2, 0) is 31.0 Å². The van der Waals surface area contributed by atoms with Crippen LogP contribution in [0.1, 0.15) is 6.92 Å². The molecule has 0 aliphatic carbocycles. The van der Waals surface area contributed by atoms with Crippen LogP contribution in [0.2, 0.25) is 0 Å². The van der Waals surface area contributed by atoms with Crippen LogP contribution in [0.5, 0.6) is 0 Å². The summed E-state index contributed by atoms with van der Waals surface area (Å²) in [5.41, 5.74) is 0. The smallest absolute Gasteiger partial charge is 0.371 e. The molecule has 0 spiro atoms. The van der Waals surface area contributed by atoms with Crippen molar-refractivity contribution in [1.82, 2.24) is 0 Å². The summed E-state index contributed by atoms with van der Waals surface area (Å²) in [4.78, 5) is 25.5. The molecule has 0 saturated heterocycles. The third-order valence-electron chi connectivity index (χ3n) is 0.247. The van der Waals surface area contributed by atoms with Gasteiger partial charge in [-0.25, -0.2) is 4.57 Å². The third kappa shape index (κ3) is 11.6. The Bertz CT molecular complexity index is 138. The predicted octanol–water partition coefficient (Wildman–Crippen LogP) is -0.360. The molecule has 0 saturated carbocycles. The second-order valence-electron chi connectivity index (χ2n) is 1.07. The van der Waals surface area contributed by atoms with Gasteiger partial charge in [0.15, 0.2) is 0 Å². The molecule has 0 heterocycles. The molecule has 59 valence electrons. The molecule has 0 atom stereocenters.